The van der Waals surface area contributed by atoms with Crippen molar-refractivity contribution in [2.24, 2.45) is 5.92 Å². The van der Waals surface area contributed by atoms with E-state index in [2.05, 4.69) is 16.7 Å². The first-order valence-corrected chi connectivity index (χ1v) is 7.29. The van der Waals surface area contributed by atoms with Crippen molar-refractivity contribution >= 4 is 0 Å². The molecule has 0 radical (unpaired) electrons. The van der Waals surface area contributed by atoms with Crippen molar-refractivity contribution in [3.05, 3.63) is 0 Å². The molecule has 2 aliphatic rings. The fourth-order valence-corrected chi connectivity index (χ4v) is 2.96. The first-order chi connectivity index (χ1) is 7.84. The van der Waals surface area contributed by atoms with Gasteiger partial charge in [-0.1, -0.05) is 6.92 Å². The van der Waals surface area contributed by atoms with Crippen LogP contribution < -0.4 is 0 Å². The van der Waals surface area contributed by atoms with Crippen LogP contribution in [0.5, 0.6) is 0 Å². The molecule has 0 atom stereocenters. The van der Waals surface area contributed by atoms with Crippen LogP contribution in [0, 0.1) is 5.92 Å². The summed E-state index contributed by atoms with van der Waals surface area (Å²) in [5, 5.41) is 0. The van der Waals surface area contributed by atoms with Gasteiger partial charge in [0, 0.05) is 0 Å². The molecule has 2 heterocycles. The van der Waals surface area contributed by atoms with Gasteiger partial charge in [0.2, 0.25) is 0 Å². The lowest BCUT2D eigenvalue weighted by atomic mass is 10.0. The lowest BCUT2D eigenvalue weighted by Gasteiger charge is -2.20. The summed E-state index contributed by atoms with van der Waals surface area (Å²) in [4.78, 5) is 5.29. The standard InChI is InChI=1S/C14H28N2/c1-14(6-12-15-8-2-3-9-15)7-13-16-10-4-5-11-16/h14H,2-13H2,1H3. The van der Waals surface area contributed by atoms with Crippen LogP contribution in [0.3, 0.4) is 0 Å². The molecule has 0 bridgehead atoms. The SMILES string of the molecule is CC(CCN1CCCC1)CCN1CCCC1. The van der Waals surface area contributed by atoms with Gasteiger partial charge >= 0.3 is 0 Å². The Balaban J connectivity index is 1.51. The van der Waals surface area contributed by atoms with E-state index in [0.29, 0.717) is 0 Å². The maximum absolute atomic E-state index is 2.65. The predicted molar refractivity (Wildman–Crippen MR) is 69.7 cm³/mol. The van der Waals surface area contributed by atoms with E-state index in [1.165, 1.54) is 77.8 Å². The summed E-state index contributed by atoms with van der Waals surface area (Å²) < 4.78 is 0. The third-order valence-electron chi connectivity index (χ3n) is 4.27. The second-order valence-corrected chi connectivity index (χ2v) is 5.78. The Bertz CT molecular complexity index is 161. The van der Waals surface area contributed by atoms with Gasteiger partial charge in [0.15, 0.2) is 0 Å². The molecular weight excluding hydrogens is 196 g/mol. The number of hydrogen-bond acceptors (Lipinski definition) is 2. The quantitative estimate of drug-likeness (QED) is 0.684. The highest BCUT2D eigenvalue weighted by molar-refractivity contribution is 4.70. The molecule has 0 aliphatic carbocycles. The minimum Gasteiger partial charge on any atom is -0.303 e. The summed E-state index contributed by atoms with van der Waals surface area (Å²) in [6, 6.07) is 0. The molecule has 0 unspecified atom stereocenters. The molecule has 0 amide bonds. The van der Waals surface area contributed by atoms with Crippen molar-refractivity contribution in [3.8, 4) is 0 Å². The van der Waals surface area contributed by atoms with Crippen molar-refractivity contribution in [2.45, 2.75) is 45.4 Å². The molecule has 0 spiro atoms. The lowest BCUT2D eigenvalue weighted by molar-refractivity contribution is 0.272. The highest BCUT2D eigenvalue weighted by Crippen LogP contribution is 2.15. The zero-order valence-corrected chi connectivity index (χ0v) is 11.0. The van der Waals surface area contributed by atoms with E-state index in [4.69, 9.17) is 0 Å². The molecular formula is C14H28N2. The van der Waals surface area contributed by atoms with Crippen molar-refractivity contribution in [2.75, 3.05) is 39.3 Å². The average Bonchev–Trinajstić information content (AvgIpc) is 2.96. The molecule has 2 saturated heterocycles. The first kappa shape index (κ1) is 12.4. The van der Waals surface area contributed by atoms with Gasteiger partial charge in [0.25, 0.3) is 0 Å². The van der Waals surface area contributed by atoms with Crippen LogP contribution >= 0.6 is 0 Å². The molecule has 0 N–H and O–H groups in total. The van der Waals surface area contributed by atoms with E-state index < -0.39 is 0 Å². The molecule has 94 valence electrons. The van der Waals surface area contributed by atoms with Crippen molar-refractivity contribution in [1.29, 1.82) is 0 Å². The van der Waals surface area contributed by atoms with Gasteiger partial charge in [-0.05, 0) is 83.7 Å². The molecule has 0 aromatic carbocycles. The Morgan fingerprint density at radius 1 is 0.750 bits per heavy atom. The first-order valence-electron chi connectivity index (χ1n) is 7.29. The Labute approximate surface area is 101 Å². The average molecular weight is 224 g/mol. The highest BCUT2D eigenvalue weighted by atomic mass is 15.1. The third kappa shape index (κ3) is 4.06. The number of likely N-dealkylation sites (tertiary alicyclic amines) is 2. The molecule has 0 saturated carbocycles. The van der Waals surface area contributed by atoms with Crippen LogP contribution in [-0.4, -0.2) is 49.1 Å². The number of rotatable bonds is 6. The van der Waals surface area contributed by atoms with Gasteiger partial charge in [-0.25, -0.2) is 0 Å². The molecule has 2 nitrogen and oxygen atoms in total. The largest absolute Gasteiger partial charge is 0.303 e. The molecule has 2 heteroatoms. The maximum Gasteiger partial charge on any atom is -0.00162 e. The van der Waals surface area contributed by atoms with Gasteiger partial charge in [0.05, 0.1) is 0 Å². The Kier molecular flexibility index (Phi) is 5.11. The van der Waals surface area contributed by atoms with Crippen molar-refractivity contribution < 1.29 is 0 Å². The maximum atomic E-state index is 2.65. The zero-order valence-electron chi connectivity index (χ0n) is 11.0. The van der Waals surface area contributed by atoms with Crippen LogP contribution in [0.25, 0.3) is 0 Å². The molecule has 2 fully saturated rings. The van der Waals surface area contributed by atoms with Crippen LogP contribution in [0.15, 0.2) is 0 Å². The second kappa shape index (κ2) is 6.61. The summed E-state index contributed by atoms with van der Waals surface area (Å²) >= 11 is 0. The monoisotopic (exact) mass is 224 g/mol. The highest BCUT2D eigenvalue weighted by Gasteiger charge is 2.15. The fourth-order valence-electron chi connectivity index (χ4n) is 2.96. The van der Waals surface area contributed by atoms with Crippen LogP contribution in [0.4, 0.5) is 0 Å². The van der Waals surface area contributed by atoms with Gasteiger partial charge in [-0.3, -0.25) is 0 Å². The van der Waals surface area contributed by atoms with Crippen LogP contribution in [0.2, 0.25) is 0 Å². The Morgan fingerprint density at radius 2 is 1.12 bits per heavy atom. The van der Waals surface area contributed by atoms with E-state index in [-0.39, 0.29) is 0 Å². The van der Waals surface area contributed by atoms with Crippen molar-refractivity contribution in [1.82, 2.24) is 9.80 Å². The van der Waals surface area contributed by atoms with E-state index in [1.807, 2.05) is 0 Å². The van der Waals surface area contributed by atoms with E-state index in [0.717, 1.165) is 5.92 Å². The van der Waals surface area contributed by atoms with Crippen LogP contribution in [-0.2, 0) is 0 Å². The van der Waals surface area contributed by atoms with Gasteiger partial charge in [-0.15, -0.1) is 0 Å². The zero-order chi connectivity index (χ0) is 11.2. The fraction of sp³-hybridized carbons (Fsp3) is 1.00. The lowest BCUT2D eigenvalue weighted by Crippen LogP contribution is -2.25. The molecule has 2 rings (SSSR count). The van der Waals surface area contributed by atoms with Crippen molar-refractivity contribution in [3.63, 3.8) is 0 Å². The summed E-state index contributed by atoms with van der Waals surface area (Å²) in [5.41, 5.74) is 0. The summed E-state index contributed by atoms with van der Waals surface area (Å²) in [7, 11) is 0. The number of hydrogen-bond donors (Lipinski definition) is 0. The van der Waals surface area contributed by atoms with Gasteiger partial charge < -0.3 is 9.80 Å². The van der Waals surface area contributed by atoms with Gasteiger partial charge in [0.1, 0.15) is 0 Å². The van der Waals surface area contributed by atoms with Crippen LogP contribution in [0.1, 0.15) is 45.4 Å². The van der Waals surface area contributed by atoms with E-state index >= 15 is 0 Å². The Morgan fingerprint density at radius 3 is 1.50 bits per heavy atom. The smallest absolute Gasteiger partial charge is 0.00162 e. The third-order valence-corrected chi connectivity index (χ3v) is 4.27. The minimum atomic E-state index is 0.918. The van der Waals surface area contributed by atoms with E-state index in [1.54, 1.807) is 0 Å². The second-order valence-electron chi connectivity index (χ2n) is 5.78. The molecule has 2 aliphatic heterocycles. The normalized spacial score (nSPS) is 23.6. The Hall–Kier alpha value is -0.0800. The van der Waals surface area contributed by atoms with E-state index in [9.17, 15) is 0 Å². The topological polar surface area (TPSA) is 6.48 Å². The summed E-state index contributed by atoms with van der Waals surface area (Å²) in [5.74, 6) is 0.918. The predicted octanol–water partition coefficient (Wildman–Crippen LogP) is 2.59. The van der Waals surface area contributed by atoms with Gasteiger partial charge in [-0.2, -0.15) is 0 Å². The number of nitrogens with zero attached hydrogens (tertiary/aromatic N) is 2. The molecule has 0 aromatic rings. The molecule has 16 heavy (non-hydrogen) atoms. The summed E-state index contributed by atoms with van der Waals surface area (Å²) in [6.45, 7) is 10.6. The summed E-state index contributed by atoms with van der Waals surface area (Å²) in [6.07, 6.45) is 8.55. The molecule has 0 aromatic heterocycles. The minimum absolute atomic E-state index is 0.918.